The van der Waals surface area contributed by atoms with Gasteiger partial charge in [0.1, 0.15) is 0 Å². The van der Waals surface area contributed by atoms with Crippen LogP contribution in [0.5, 0.6) is 0 Å². The molecule has 4 aliphatic carbocycles. The molecule has 4 heterocycles. The zero-order valence-corrected chi connectivity index (χ0v) is 28.4. The number of aliphatic hydroxyl groups excluding tert-OH is 3. The lowest BCUT2D eigenvalue weighted by atomic mass is 9.59. The zero-order valence-electron chi connectivity index (χ0n) is 29.4. The minimum Gasteiger partial charge on any atom is -0.465 e. The van der Waals surface area contributed by atoms with Crippen LogP contribution in [-0.4, -0.2) is 115 Å². The largest absolute Gasteiger partial charge is 0.465 e. The predicted molar refractivity (Wildman–Crippen MR) is 181 cm³/mol. The van der Waals surface area contributed by atoms with Crippen LogP contribution in [0.2, 0.25) is 21.3 Å². The Morgan fingerprint density at radius 2 is 0.735 bits per heavy atom. The molecule has 0 aromatic carbocycles. The molecule has 0 spiro atoms. The van der Waals surface area contributed by atoms with Crippen LogP contribution < -0.4 is 0 Å². The van der Waals surface area contributed by atoms with Gasteiger partial charge in [-0.2, -0.15) is 0 Å². The topological polar surface area (TPSA) is 166 Å². The molecule has 8 rings (SSSR count). The van der Waals surface area contributed by atoms with Gasteiger partial charge in [-0.3, -0.25) is 19.2 Å². The summed E-state index contributed by atoms with van der Waals surface area (Å²) in [4.78, 5) is 45.2. The number of carbonyl (C=O) groups excluding carboxylic acids is 4. The summed E-state index contributed by atoms with van der Waals surface area (Å²) in [6.07, 6.45) is 0.950. The lowest BCUT2D eigenvalue weighted by molar-refractivity contribution is -0.144. The zero-order chi connectivity index (χ0) is 36.6. The van der Waals surface area contributed by atoms with Gasteiger partial charge in [-0.1, -0.05) is 42.0 Å². The fourth-order valence-corrected chi connectivity index (χ4v) is 9.18. The van der Waals surface area contributed by atoms with Crippen molar-refractivity contribution in [3.63, 3.8) is 0 Å². The minimum atomic E-state index is -1.11. The molecule has 3 N–H and O–H groups in total. The van der Waals surface area contributed by atoms with Crippen molar-refractivity contribution in [2.45, 2.75) is 107 Å². The standard InChI is InChI=1S/C9H13BO2.3C8H11BO3.CH4/c1-5-3-7-4-12-8(11)9(7,10)6(5)2;3*1-4-2-5-3-12-7(11)8(5,9)6(4)10;/h5-7H,3-4H2,1-2H3;3*4-6,10H,2-3H2,1H3;1H4/t5?,6-,7+,9?;4?,5-,6?,8?;4-,5+,6-,8?;4-,5-,6-,8?;/m0101./s1/i6D;;;;. The van der Waals surface area contributed by atoms with Crippen LogP contribution in [0.15, 0.2) is 0 Å². The van der Waals surface area contributed by atoms with Crippen molar-refractivity contribution in [3.8, 4) is 0 Å². The third-order valence-electron chi connectivity index (χ3n) is 12.8. The first-order chi connectivity index (χ1) is 22.6. The van der Waals surface area contributed by atoms with Crippen molar-refractivity contribution in [1.29, 1.82) is 0 Å². The molecule has 0 bridgehead atoms. The molecular weight excluding hydrogens is 628 g/mol. The molecule has 4 saturated carbocycles. The van der Waals surface area contributed by atoms with Crippen molar-refractivity contribution in [3.05, 3.63) is 0 Å². The Kier molecular flexibility index (Phi) is 10.8. The van der Waals surface area contributed by atoms with Gasteiger partial charge < -0.3 is 34.3 Å². The number of esters is 4. The number of hydrogen-bond acceptors (Lipinski definition) is 11. The van der Waals surface area contributed by atoms with Gasteiger partial charge in [-0.05, 0) is 55.2 Å². The molecule has 8 fully saturated rings. The summed E-state index contributed by atoms with van der Waals surface area (Å²) in [6.45, 7) is 11.0. The van der Waals surface area contributed by atoms with E-state index in [-0.39, 0.29) is 60.7 Å². The van der Waals surface area contributed by atoms with Crippen molar-refractivity contribution < 1.29 is 54.8 Å². The highest BCUT2D eigenvalue weighted by Gasteiger charge is 2.61. The van der Waals surface area contributed by atoms with Gasteiger partial charge in [-0.15, -0.1) is 0 Å². The molecule has 11 nitrogen and oxygen atoms in total. The van der Waals surface area contributed by atoms with Gasteiger partial charge in [0.05, 0.1) is 92.1 Å². The van der Waals surface area contributed by atoms with E-state index in [1.54, 1.807) is 6.92 Å². The van der Waals surface area contributed by atoms with E-state index in [4.69, 9.17) is 51.7 Å². The van der Waals surface area contributed by atoms with Crippen molar-refractivity contribution in [2.75, 3.05) is 26.4 Å². The van der Waals surface area contributed by atoms with Crippen LogP contribution in [0, 0.1) is 53.2 Å². The average Bonchev–Trinajstić information content (AvgIpc) is 3.87. The van der Waals surface area contributed by atoms with E-state index < -0.39 is 63.4 Å². The van der Waals surface area contributed by atoms with Crippen LogP contribution in [0.3, 0.4) is 0 Å². The lowest BCUT2D eigenvalue weighted by Crippen LogP contribution is -2.34. The van der Waals surface area contributed by atoms with Crippen molar-refractivity contribution in [1.82, 2.24) is 0 Å². The van der Waals surface area contributed by atoms with Crippen molar-refractivity contribution >= 4 is 55.3 Å². The summed E-state index contributed by atoms with van der Waals surface area (Å²) in [5, 5.41) is 24.6. The highest BCUT2D eigenvalue weighted by molar-refractivity contribution is 6.30. The second kappa shape index (κ2) is 13.9. The van der Waals surface area contributed by atoms with E-state index in [1.807, 2.05) is 27.7 Å². The second-order valence-corrected chi connectivity index (χ2v) is 15.6. The monoisotopic (exact) mass is 679 g/mol. The first kappa shape index (κ1) is 38.3. The third kappa shape index (κ3) is 5.99. The Morgan fingerprint density at radius 3 is 0.980 bits per heavy atom. The van der Waals surface area contributed by atoms with Crippen LogP contribution in [0.4, 0.5) is 0 Å². The molecule has 16 atom stereocenters. The molecule has 4 aliphatic heterocycles. The van der Waals surface area contributed by atoms with Gasteiger partial charge in [0.15, 0.2) is 0 Å². The number of cyclic esters (lactones) is 4. The number of fused-ring (bicyclic) bond motifs is 4. The summed E-state index contributed by atoms with van der Waals surface area (Å²) in [5.41, 5.74) is 0. The third-order valence-corrected chi connectivity index (χ3v) is 12.8. The Balaban J connectivity index is 0.000000149. The number of carbonyl (C=O) groups is 4. The SMILES string of the molecule is C.[2H][C@]1(C)C(C)C[C@@H]2COC(=O)C21[B].[B]C12C(=O)OC[C@H]1CC(C)C2O.[B]C12C(=O)OC[C@H]1C[C@@H](C)[C@H]2O.[B]C12C(=O)OC[C@H]1C[C@H](C)[C@@H]2O. The second-order valence-electron chi connectivity index (χ2n) is 15.6. The number of aliphatic hydroxyl groups is 3. The number of hydrogen-bond donors (Lipinski definition) is 3. The summed E-state index contributed by atoms with van der Waals surface area (Å²) >= 11 is 0. The van der Waals surface area contributed by atoms with E-state index in [0.29, 0.717) is 26.4 Å². The quantitative estimate of drug-likeness (QED) is 0.193. The van der Waals surface area contributed by atoms with E-state index >= 15 is 0 Å². The lowest BCUT2D eigenvalue weighted by Gasteiger charge is -2.25. The molecule has 0 aromatic heterocycles. The molecule has 0 aromatic rings. The first-order valence-electron chi connectivity index (χ1n) is 17.5. The molecule has 4 saturated heterocycles. The van der Waals surface area contributed by atoms with E-state index in [2.05, 4.69) is 0 Å². The molecule has 264 valence electrons. The van der Waals surface area contributed by atoms with Crippen molar-refractivity contribution in [2.24, 2.45) is 53.2 Å². The minimum absolute atomic E-state index is 0. The molecule has 7 unspecified atom stereocenters. The Hall–Kier alpha value is -1.98. The fourth-order valence-electron chi connectivity index (χ4n) is 9.18. The van der Waals surface area contributed by atoms with Crippen LogP contribution >= 0.6 is 0 Å². The van der Waals surface area contributed by atoms with Gasteiger partial charge >= 0.3 is 23.9 Å². The number of ether oxygens (including phenoxy) is 4. The van der Waals surface area contributed by atoms with E-state index in [9.17, 15) is 34.5 Å². The molecular formula is C34H50B4O11. The van der Waals surface area contributed by atoms with Gasteiger partial charge in [0, 0.05) is 30.4 Å². The molecule has 0 amide bonds. The summed E-state index contributed by atoms with van der Waals surface area (Å²) in [7, 11) is 23.5. The normalized spacial score (nSPS) is 52.9. The average molecular weight is 679 g/mol. The maximum absolute atomic E-state index is 11.5. The Bertz CT molecular complexity index is 1230. The summed E-state index contributed by atoms with van der Waals surface area (Å²) < 4.78 is 27.5. The first-order valence-corrected chi connectivity index (χ1v) is 17.0. The fraction of sp³-hybridized carbons (Fsp3) is 0.882. The highest BCUT2D eigenvalue weighted by Crippen LogP contribution is 2.59. The van der Waals surface area contributed by atoms with Crippen LogP contribution in [0.25, 0.3) is 0 Å². The van der Waals surface area contributed by atoms with Crippen LogP contribution in [-0.2, 0) is 38.1 Å². The molecule has 8 aliphatic rings. The molecule has 8 radical (unpaired) electrons. The summed E-state index contributed by atoms with van der Waals surface area (Å²) in [6, 6.07) is 0. The summed E-state index contributed by atoms with van der Waals surface area (Å²) in [5.74, 6) is -2.05. The van der Waals surface area contributed by atoms with Gasteiger partial charge in [0.25, 0.3) is 0 Å². The molecule has 15 heteroatoms. The maximum Gasteiger partial charge on any atom is 0.306 e. The molecule has 49 heavy (non-hydrogen) atoms. The van der Waals surface area contributed by atoms with Gasteiger partial charge in [0.2, 0.25) is 0 Å². The Morgan fingerprint density at radius 1 is 0.510 bits per heavy atom. The number of rotatable bonds is 0. The van der Waals surface area contributed by atoms with Gasteiger partial charge in [-0.25, -0.2) is 0 Å². The maximum atomic E-state index is 11.5. The van der Waals surface area contributed by atoms with Crippen LogP contribution in [0.1, 0.15) is 69.1 Å². The Labute approximate surface area is 296 Å². The highest BCUT2D eigenvalue weighted by atomic mass is 16.6. The van der Waals surface area contributed by atoms with E-state index in [0.717, 1.165) is 25.7 Å². The smallest absolute Gasteiger partial charge is 0.306 e. The van der Waals surface area contributed by atoms with E-state index in [1.165, 1.54) is 0 Å². The predicted octanol–water partition coefficient (Wildman–Crippen LogP) is 1.46.